The number of hydrogen-bond acceptors (Lipinski definition) is 1. The van der Waals surface area contributed by atoms with E-state index in [1.807, 2.05) is 26.0 Å². The molecule has 0 aliphatic carbocycles. The van der Waals surface area contributed by atoms with E-state index in [1.54, 1.807) is 18.3 Å². The van der Waals surface area contributed by atoms with Crippen molar-refractivity contribution in [2.75, 3.05) is 5.32 Å². The largest absolute Gasteiger partial charge is 0.357 e. The van der Waals surface area contributed by atoms with Gasteiger partial charge in [-0.1, -0.05) is 6.07 Å². The predicted molar refractivity (Wildman–Crippen MR) is 64.7 cm³/mol. The van der Waals surface area contributed by atoms with E-state index in [0.29, 0.717) is 5.69 Å². The van der Waals surface area contributed by atoms with Gasteiger partial charge in [0.25, 0.3) is 5.91 Å². The summed E-state index contributed by atoms with van der Waals surface area (Å²) < 4.78 is 0. The highest BCUT2D eigenvalue weighted by Gasteiger charge is 2.06. The number of carbonyl (C=O) groups is 1. The zero-order valence-corrected chi connectivity index (χ0v) is 9.37. The normalized spacial score (nSPS) is 10.1. The van der Waals surface area contributed by atoms with Gasteiger partial charge in [-0.05, 0) is 49.2 Å². The Morgan fingerprint density at radius 1 is 1.19 bits per heavy atom. The van der Waals surface area contributed by atoms with Gasteiger partial charge < -0.3 is 10.3 Å². The fourth-order valence-electron chi connectivity index (χ4n) is 1.72. The van der Waals surface area contributed by atoms with Crippen LogP contribution in [-0.4, -0.2) is 10.9 Å². The van der Waals surface area contributed by atoms with Crippen molar-refractivity contribution >= 4 is 11.6 Å². The van der Waals surface area contributed by atoms with E-state index < -0.39 is 0 Å². The Kier molecular flexibility index (Phi) is 2.77. The number of H-pyrrole nitrogens is 1. The highest BCUT2D eigenvalue weighted by molar-refractivity contribution is 6.02. The molecule has 0 fully saturated rings. The number of anilines is 1. The van der Waals surface area contributed by atoms with Crippen LogP contribution in [0.2, 0.25) is 0 Å². The molecule has 0 bridgehead atoms. The lowest BCUT2D eigenvalue weighted by Crippen LogP contribution is -2.12. The SMILES string of the molecule is Cc1cc(C)cc(NC(=O)c2ccc[nH]2)c1. The second-order valence-corrected chi connectivity index (χ2v) is 3.91. The van der Waals surface area contributed by atoms with Gasteiger partial charge in [0.15, 0.2) is 0 Å². The van der Waals surface area contributed by atoms with Gasteiger partial charge in [0, 0.05) is 11.9 Å². The van der Waals surface area contributed by atoms with Crippen LogP contribution < -0.4 is 5.32 Å². The smallest absolute Gasteiger partial charge is 0.272 e. The summed E-state index contributed by atoms with van der Waals surface area (Å²) >= 11 is 0. The molecule has 0 spiro atoms. The number of nitrogens with one attached hydrogen (secondary N) is 2. The second-order valence-electron chi connectivity index (χ2n) is 3.91. The molecule has 1 aromatic carbocycles. The molecule has 82 valence electrons. The van der Waals surface area contributed by atoms with Gasteiger partial charge in [0.2, 0.25) is 0 Å². The van der Waals surface area contributed by atoms with E-state index in [4.69, 9.17) is 0 Å². The molecule has 0 aliphatic heterocycles. The van der Waals surface area contributed by atoms with E-state index in [2.05, 4.69) is 16.4 Å². The molecule has 2 aromatic rings. The van der Waals surface area contributed by atoms with Gasteiger partial charge in [-0.15, -0.1) is 0 Å². The quantitative estimate of drug-likeness (QED) is 0.793. The average molecular weight is 214 g/mol. The third kappa shape index (κ3) is 2.31. The highest BCUT2D eigenvalue weighted by Crippen LogP contribution is 2.14. The van der Waals surface area contributed by atoms with Gasteiger partial charge in [-0.25, -0.2) is 0 Å². The zero-order valence-electron chi connectivity index (χ0n) is 9.37. The van der Waals surface area contributed by atoms with Crippen LogP contribution in [0.15, 0.2) is 36.5 Å². The van der Waals surface area contributed by atoms with E-state index in [0.717, 1.165) is 16.8 Å². The summed E-state index contributed by atoms with van der Waals surface area (Å²) in [7, 11) is 0. The van der Waals surface area contributed by atoms with Crippen molar-refractivity contribution in [3.05, 3.63) is 53.3 Å². The Morgan fingerprint density at radius 3 is 2.44 bits per heavy atom. The summed E-state index contributed by atoms with van der Waals surface area (Å²) in [5, 5.41) is 2.86. The number of hydrogen-bond donors (Lipinski definition) is 2. The third-order valence-electron chi connectivity index (χ3n) is 2.32. The minimum absolute atomic E-state index is 0.116. The molecule has 16 heavy (non-hydrogen) atoms. The van der Waals surface area contributed by atoms with Crippen molar-refractivity contribution in [3.63, 3.8) is 0 Å². The lowest BCUT2D eigenvalue weighted by atomic mass is 10.1. The second kappa shape index (κ2) is 4.23. The Balaban J connectivity index is 2.18. The number of rotatable bonds is 2. The van der Waals surface area contributed by atoms with Gasteiger partial charge in [0.1, 0.15) is 5.69 Å². The summed E-state index contributed by atoms with van der Waals surface area (Å²) in [6, 6.07) is 9.53. The highest BCUT2D eigenvalue weighted by atomic mass is 16.1. The molecule has 0 saturated carbocycles. The number of aromatic nitrogens is 1. The number of carbonyl (C=O) groups excluding carboxylic acids is 1. The standard InChI is InChI=1S/C13H14N2O/c1-9-6-10(2)8-11(7-9)15-13(16)12-4-3-5-14-12/h3-8,14H,1-2H3,(H,15,16). The van der Waals surface area contributed by atoms with Crippen LogP contribution in [0.25, 0.3) is 0 Å². The van der Waals surface area contributed by atoms with Crippen molar-refractivity contribution in [1.82, 2.24) is 4.98 Å². The molecule has 2 N–H and O–H groups in total. The van der Waals surface area contributed by atoms with E-state index in [-0.39, 0.29) is 5.91 Å². The van der Waals surface area contributed by atoms with Gasteiger partial charge in [-0.2, -0.15) is 0 Å². The van der Waals surface area contributed by atoms with Crippen LogP contribution >= 0.6 is 0 Å². The van der Waals surface area contributed by atoms with Crippen LogP contribution in [0.3, 0.4) is 0 Å². The van der Waals surface area contributed by atoms with Crippen molar-refractivity contribution in [3.8, 4) is 0 Å². The minimum Gasteiger partial charge on any atom is -0.357 e. The fourth-order valence-corrected chi connectivity index (χ4v) is 1.72. The molecule has 1 heterocycles. The van der Waals surface area contributed by atoms with Gasteiger partial charge >= 0.3 is 0 Å². The first kappa shape index (κ1) is 10.5. The zero-order chi connectivity index (χ0) is 11.5. The molecule has 0 unspecified atom stereocenters. The molecule has 2 rings (SSSR count). The number of aromatic amines is 1. The molecular formula is C13H14N2O. The maximum atomic E-state index is 11.8. The number of aryl methyl sites for hydroxylation is 2. The van der Waals surface area contributed by atoms with Crippen LogP contribution in [0.1, 0.15) is 21.6 Å². The lowest BCUT2D eigenvalue weighted by molar-refractivity contribution is 0.102. The maximum Gasteiger partial charge on any atom is 0.272 e. The molecule has 3 nitrogen and oxygen atoms in total. The molecule has 0 atom stereocenters. The topological polar surface area (TPSA) is 44.9 Å². The van der Waals surface area contributed by atoms with Crippen LogP contribution in [0.4, 0.5) is 5.69 Å². The van der Waals surface area contributed by atoms with Crippen LogP contribution in [-0.2, 0) is 0 Å². The summed E-state index contributed by atoms with van der Waals surface area (Å²) in [5.41, 5.74) is 3.68. The number of amides is 1. The first-order valence-corrected chi connectivity index (χ1v) is 5.18. The third-order valence-corrected chi connectivity index (χ3v) is 2.32. The summed E-state index contributed by atoms with van der Waals surface area (Å²) in [6.07, 6.45) is 1.73. The Morgan fingerprint density at radius 2 is 1.88 bits per heavy atom. The molecule has 0 aliphatic rings. The van der Waals surface area contributed by atoms with Gasteiger partial charge in [0.05, 0.1) is 0 Å². The number of benzene rings is 1. The predicted octanol–water partition coefficient (Wildman–Crippen LogP) is 2.88. The minimum atomic E-state index is -0.116. The molecular weight excluding hydrogens is 200 g/mol. The summed E-state index contributed by atoms with van der Waals surface area (Å²) in [6.45, 7) is 4.02. The maximum absolute atomic E-state index is 11.8. The molecule has 3 heteroatoms. The van der Waals surface area contributed by atoms with Crippen molar-refractivity contribution in [1.29, 1.82) is 0 Å². The first-order chi connectivity index (χ1) is 7.65. The van der Waals surface area contributed by atoms with Crippen molar-refractivity contribution in [2.45, 2.75) is 13.8 Å². The Bertz CT molecular complexity index is 480. The summed E-state index contributed by atoms with van der Waals surface area (Å²) in [4.78, 5) is 14.6. The lowest BCUT2D eigenvalue weighted by Gasteiger charge is -2.06. The Labute approximate surface area is 94.5 Å². The summed E-state index contributed by atoms with van der Waals surface area (Å²) in [5.74, 6) is -0.116. The van der Waals surface area contributed by atoms with Crippen LogP contribution in [0, 0.1) is 13.8 Å². The molecule has 1 aromatic heterocycles. The van der Waals surface area contributed by atoms with Crippen molar-refractivity contribution < 1.29 is 4.79 Å². The van der Waals surface area contributed by atoms with E-state index in [1.165, 1.54) is 0 Å². The average Bonchev–Trinajstić information content (AvgIpc) is 2.68. The Hall–Kier alpha value is -2.03. The van der Waals surface area contributed by atoms with Crippen LogP contribution in [0.5, 0.6) is 0 Å². The molecule has 0 radical (unpaired) electrons. The molecule has 1 amide bonds. The molecule has 0 saturated heterocycles. The fraction of sp³-hybridized carbons (Fsp3) is 0.154. The van der Waals surface area contributed by atoms with E-state index >= 15 is 0 Å². The van der Waals surface area contributed by atoms with Gasteiger partial charge in [-0.3, -0.25) is 4.79 Å². The first-order valence-electron chi connectivity index (χ1n) is 5.18. The van der Waals surface area contributed by atoms with Crippen molar-refractivity contribution in [2.24, 2.45) is 0 Å². The monoisotopic (exact) mass is 214 g/mol. The van der Waals surface area contributed by atoms with E-state index in [9.17, 15) is 4.79 Å².